The number of hydrogen-bond donors (Lipinski definition) is 2. The molecule has 2 fully saturated rings. The van der Waals surface area contributed by atoms with Crippen LogP contribution in [-0.2, 0) is 9.53 Å². The highest BCUT2D eigenvalue weighted by molar-refractivity contribution is 7.99. The molecule has 26 heavy (non-hydrogen) atoms. The summed E-state index contributed by atoms with van der Waals surface area (Å²) in [7, 11) is 0. The van der Waals surface area contributed by atoms with Crippen molar-refractivity contribution in [2.24, 2.45) is 0 Å². The Morgan fingerprint density at radius 3 is 2.69 bits per heavy atom. The quantitative estimate of drug-likeness (QED) is 0.743. The highest BCUT2D eigenvalue weighted by atomic mass is 32.2. The van der Waals surface area contributed by atoms with Crippen LogP contribution in [0, 0.1) is 0 Å². The van der Waals surface area contributed by atoms with Crippen LogP contribution in [0.15, 0.2) is 34.2 Å². The second-order valence-electron chi connectivity index (χ2n) is 6.40. The van der Waals surface area contributed by atoms with Crippen molar-refractivity contribution in [1.29, 1.82) is 0 Å². The molecule has 1 aliphatic heterocycles. The first-order valence-corrected chi connectivity index (χ1v) is 9.71. The molecule has 2 aromatic rings. The van der Waals surface area contributed by atoms with Crippen molar-refractivity contribution in [2.45, 2.75) is 24.0 Å². The van der Waals surface area contributed by atoms with Crippen molar-refractivity contribution < 1.29 is 9.53 Å². The lowest BCUT2D eigenvalue weighted by atomic mass is 10.2. The summed E-state index contributed by atoms with van der Waals surface area (Å²) >= 11 is 1.28. The normalized spacial score (nSPS) is 17.3. The molecule has 2 N–H and O–H groups in total. The molecule has 1 saturated heterocycles. The third-order valence-corrected chi connectivity index (χ3v) is 5.40. The van der Waals surface area contributed by atoms with Gasteiger partial charge in [-0.1, -0.05) is 11.8 Å². The van der Waals surface area contributed by atoms with Gasteiger partial charge in [0.05, 0.1) is 19.0 Å². The molecule has 1 amide bonds. The average Bonchev–Trinajstić information content (AvgIpc) is 3.44. The maximum atomic E-state index is 12.2. The molecule has 0 unspecified atom stereocenters. The third-order valence-electron chi connectivity index (χ3n) is 4.44. The van der Waals surface area contributed by atoms with Gasteiger partial charge in [0, 0.05) is 30.5 Å². The number of rotatable bonds is 6. The van der Waals surface area contributed by atoms with E-state index >= 15 is 0 Å². The van der Waals surface area contributed by atoms with Gasteiger partial charge in [-0.05, 0) is 37.1 Å². The fourth-order valence-corrected chi connectivity index (χ4v) is 3.76. The molecule has 1 aromatic carbocycles. The molecule has 1 aromatic heterocycles. The third kappa shape index (κ3) is 3.94. The Bertz CT molecular complexity index is 822. The predicted octanol–water partition coefficient (Wildman–Crippen LogP) is 1.47. The Morgan fingerprint density at radius 1 is 1.27 bits per heavy atom. The van der Waals surface area contributed by atoms with Crippen LogP contribution in [0.5, 0.6) is 0 Å². The summed E-state index contributed by atoms with van der Waals surface area (Å²) in [4.78, 5) is 26.2. The van der Waals surface area contributed by atoms with Crippen LogP contribution in [0.4, 0.5) is 11.4 Å². The standard InChI is InChI=1S/C17H21N5O3S/c23-15(11-26-17-20-19-16(24)22(17)14-5-6-14)18-12-1-3-13(4-2-12)21-7-9-25-10-8-21/h1-4,14H,5-11H2,(H,18,23)(H,19,24). The number of morpholine rings is 1. The van der Waals surface area contributed by atoms with E-state index in [-0.39, 0.29) is 23.4 Å². The molecule has 138 valence electrons. The maximum absolute atomic E-state index is 12.2. The van der Waals surface area contributed by atoms with E-state index in [0.29, 0.717) is 5.16 Å². The zero-order valence-electron chi connectivity index (χ0n) is 14.3. The monoisotopic (exact) mass is 375 g/mol. The Kier molecular flexibility index (Phi) is 4.98. The van der Waals surface area contributed by atoms with Crippen LogP contribution in [0.1, 0.15) is 18.9 Å². The number of thioether (sulfide) groups is 1. The molecule has 0 atom stereocenters. The van der Waals surface area contributed by atoms with E-state index < -0.39 is 0 Å². The number of ether oxygens (including phenoxy) is 1. The van der Waals surface area contributed by atoms with Gasteiger partial charge in [-0.25, -0.2) is 9.89 Å². The summed E-state index contributed by atoms with van der Waals surface area (Å²) in [6.45, 7) is 3.26. The first-order chi connectivity index (χ1) is 12.7. The van der Waals surface area contributed by atoms with Crippen molar-refractivity contribution in [3.8, 4) is 0 Å². The van der Waals surface area contributed by atoms with Crippen molar-refractivity contribution >= 4 is 29.0 Å². The second-order valence-corrected chi connectivity index (χ2v) is 7.34. The van der Waals surface area contributed by atoms with E-state index in [1.165, 1.54) is 11.8 Å². The van der Waals surface area contributed by atoms with Crippen LogP contribution in [0.25, 0.3) is 0 Å². The minimum Gasteiger partial charge on any atom is -0.378 e. The number of benzene rings is 1. The molecule has 4 rings (SSSR count). The van der Waals surface area contributed by atoms with Gasteiger partial charge in [-0.2, -0.15) is 0 Å². The van der Waals surface area contributed by atoms with Crippen LogP contribution in [-0.4, -0.2) is 52.7 Å². The van der Waals surface area contributed by atoms with Crippen LogP contribution in [0.3, 0.4) is 0 Å². The van der Waals surface area contributed by atoms with E-state index in [9.17, 15) is 9.59 Å². The lowest BCUT2D eigenvalue weighted by Crippen LogP contribution is -2.36. The van der Waals surface area contributed by atoms with E-state index in [2.05, 4.69) is 20.4 Å². The second kappa shape index (κ2) is 7.55. The summed E-state index contributed by atoms with van der Waals surface area (Å²) in [6.07, 6.45) is 1.99. The maximum Gasteiger partial charge on any atom is 0.344 e. The first kappa shape index (κ1) is 17.2. The Balaban J connectivity index is 1.31. The largest absolute Gasteiger partial charge is 0.378 e. The number of aromatic amines is 1. The van der Waals surface area contributed by atoms with Crippen molar-refractivity contribution in [1.82, 2.24) is 14.8 Å². The van der Waals surface area contributed by atoms with Gasteiger partial charge >= 0.3 is 5.69 Å². The number of carbonyl (C=O) groups is 1. The zero-order chi connectivity index (χ0) is 17.9. The van der Waals surface area contributed by atoms with Crippen LogP contribution >= 0.6 is 11.8 Å². The molecule has 1 saturated carbocycles. The fraction of sp³-hybridized carbons (Fsp3) is 0.471. The first-order valence-electron chi connectivity index (χ1n) is 8.73. The summed E-state index contributed by atoms with van der Waals surface area (Å²) in [5.74, 6) is 0.0920. The molecule has 9 heteroatoms. The topological polar surface area (TPSA) is 92.2 Å². The highest BCUT2D eigenvalue weighted by Crippen LogP contribution is 2.36. The average molecular weight is 375 g/mol. The van der Waals surface area contributed by atoms with E-state index in [4.69, 9.17) is 4.74 Å². The van der Waals surface area contributed by atoms with Crippen molar-refractivity contribution in [3.05, 3.63) is 34.7 Å². The minimum absolute atomic E-state index is 0.119. The van der Waals surface area contributed by atoms with Gasteiger partial charge in [0.15, 0.2) is 5.16 Å². The number of aromatic nitrogens is 3. The van der Waals surface area contributed by atoms with Crippen molar-refractivity contribution in [3.63, 3.8) is 0 Å². The predicted molar refractivity (Wildman–Crippen MR) is 99.9 cm³/mol. The van der Waals surface area contributed by atoms with E-state index in [0.717, 1.165) is 50.5 Å². The number of amides is 1. The SMILES string of the molecule is O=C(CSc1n[nH]c(=O)n1C1CC1)Nc1ccc(N2CCOCC2)cc1. The highest BCUT2D eigenvalue weighted by Gasteiger charge is 2.28. The lowest BCUT2D eigenvalue weighted by molar-refractivity contribution is -0.113. The number of nitrogens with one attached hydrogen (secondary N) is 2. The number of hydrogen-bond acceptors (Lipinski definition) is 6. The molecule has 1 aliphatic carbocycles. The Labute approximate surface area is 154 Å². The summed E-state index contributed by atoms with van der Waals surface area (Å²) in [5, 5.41) is 9.94. The molecule has 2 aliphatic rings. The molecular weight excluding hydrogens is 354 g/mol. The smallest absolute Gasteiger partial charge is 0.344 e. The number of carbonyl (C=O) groups excluding carboxylic acids is 1. The van der Waals surface area contributed by atoms with Crippen LogP contribution in [0.2, 0.25) is 0 Å². The van der Waals surface area contributed by atoms with Crippen molar-refractivity contribution in [2.75, 3.05) is 42.3 Å². The molecule has 2 heterocycles. The van der Waals surface area contributed by atoms with Gasteiger partial charge < -0.3 is 15.0 Å². The number of anilines is 2. The number of nitrogens with zero attached hydrogens (tertiary/aromatic N) is 3. The minimum atomic E-state index is -0.200. The van der Waals surface area contributed by atoms with E-state index in [1.54, 1.807) is 4.57 Å². The molecule has 8 nitrogen and oxygen atoms in total. The molecular formula is C17H21N5O3S. The Morgan fingerprint density at radius 2 is 2.00 bits per heavy atom. The fourth-order valence-electron chi connectivity index (χ4n) is 2.95. The number of H-pyrrole nitrogens is 1. The lowest BCUT2D eigenvalue weighted by Gasteiger charge is -2.28. The van der Waals surface area contributed by atoms with Gasteiger partial charge in [-0.3, -0.25) is 9.36 Å². The Hall–Kier alpha value is -2.26. The summed E-state index contributed by atoms with van der Waals surface area (Å²) < 4.78 is 7.01. The molecule has 0 bridgehead atoms. The zero-order valence-corrected chi connectivity index (χ0v) is 15.1. The van der Waals surface area contributed by atoms with Gasteiger partial charge in [-0.15, -0.1) is 5.10 Å². The summed E-state index contributed by atoms with van der Waals surface area (Å²) in [5.41, 5.74) is 1.69. The summed E-state index contributed by atoms with van der Waals surface area (Å²) in [6, 6.07) is 8.06. The molecule has 0 radical (unpaired) electrons. The van der Waals surface area contributed by atoms with Crippen LogP contribution < -0.4 is 15.9 Å². The molecule has 0 spiro atoms. The van der Waals surface area contributed by atoms with Gasteiger partial charge in [0.2, 0.25) is 5.91 Å². The van der Waals surface area contributed by atoms with Gasteiger partial charge in [0.25, 0.3) is 0 Å². The van der Waals surface area contributed by atoms with Gasteiger partial charge in [0.1, 0.15) is 0 Å². The van der Waals surface area contributed by atoms with E-state index in [1.807, 2.05) is 24.3 Å².